The molecule has 0 radical (unpaired) electrons. The zero-order valence-electron chi connectivity index (χ0n) is 9.44. The van der Waals surface area contributed by atoms with Crippen LogP contribution in [0.3, 0.4) is 0 Å². The maximum absolute atomic E-state index is 12.7. The van der Waals surface area contributed by atoms with Gasteiger partial charge in [-0.15, -0.1) is 0 Å². The van der Waals surface area contributed by atoms with Crippen LogP contribution in [0.15, 0.2) is 23.1 Å². The van der Waals surface area contributed by atoms with Gasteiger partial charge in [-0.25, -0.2) is 13.2 Å². The molecule has 112 valence electrons. The highest BCUT2D eigenvalue weighted by molar-refractivity contribution is 7.89. The molecule has 0 atom stereocenters. The normalized spacial score (nSPS) is 12.4. The van der Waals surface area contributed by atoms with Crippen LogP contribution in [0.5, 0.6) is 0 Å². The average Bonchev–Trinajstić information content (AvgIpc) is 2.26. The van der Waals surface area contributed by atoms with Crippen LogP contribution in [-0.2, 0) is 25.8 Å². The summed E-state index contributed by atoms with van der Waals surface area (Å²) in [4.78, 5) is 14.4. The molecular weight excluding hydrogens is 327 g/mol. The minimum Gasteiger partial charge on any atom is -0.479 e. The molecule has 2 N–H and O–H groups in total. The third-order valence-electron chi connectivity index (χ3n) is 1.90. The van der Waals surface area contributed by atoms with Crippen molar-refractivity contribution in [2.75, 3.05) is 6.61 Å². The van der Waals surface area contributed by atoms with Gasteiger partial charge >= 0.3 is 12.1 Å². The number of alkyl halides is 3. The van der Waals surface area contributed by atoms with E-state index in [1.54, 1.807) is 0 Å². The number of carbonyl (C=O) groups is 1. The Kier molecular flexibility index (Phi) is 4.97. The van der Waals surface area contributed by atoms with E-state index < -0.39 is 39.2 Å². The summed E-state index contributed by atoms with van der Waals surface area (Å²) in [5.74, 6) is -1.50. The van der Waals surface area contributed by atoms with Crippen LogP contribution in [0.2, 0.25) is 5.02 Å². The molecule has 0 aliphatic heterocycles. The van der Waals surface area contributed by atoms with Crippen LogP contribution in [-0.4, -0.2) is 26.1 Å². The fourth-order valence-corrected chi connectivity index (χ4v) is 2.36. The van der Waals surface area contributed by atoms with Crippen molar-refractivity contribution < 1.29 is 36.3 Å². The van der Waals surface area contributed by atoms with Crippen LogP contribution in [0.4, 0.5) is 13.2 Å². The Bertz CT molecular complexity index is 616. The Morgan fingerprint density at radius 3 is 2.50 bits per heavy atom. The Hall–Kier alpha value is -1.36. The maximum Gasteiger partial charge on any atom is 0.417 e. The van der Waals surface area contributed by atoms with E-state index in [1.807, 2.05) is 0 Å². The molecule has 0 heterocycles. The van der Waals surface area contributed by atoms with Crippen LogP contribution in [0.1, 0.15) is 5.56 Å². The van der Waals surface area contributed by atoms with Crippen molar-refractivity contribution in [2.45, 2.75) is 11.1 Å². The molecule has 0 saturated carbocycles. The van der Waals surface area contributed by atoms with E-state index >= 15 is 0 Å². The van der Waals surface area contributed by atoms with Gasteiger partial charge in [-0.05, 0) is 18.2 Å². The lowest BCUT2D eigenvalue weighted by molar-refractivity contribution is -0.144. The van der Waals surface area contributed by atoms with E-state index in [4.69, 9.17) is 16.7 Å². The smallest absolute Gasteiger partial charge is 0.417 e. The van der Waals surface area contributed by atoms with Gasteiger partial charge in [-0.1, -0.05) is 16.5 Å². The number of nitrogens with one attached hydrogen (secondary N) is 1. The van der Waals surface area contributed by atoms with Gasteiger partial charge in [-0.3, -0.25) is 4.84 Å². The number of rotatable bonds is 5. The van der Waals surface area contributed by atoms with Gasteiger partial charge in [0.1, 0.15) is 0 Å². The number of carboxylic acids is 1. The number of benzene rings is 1. The summed E-state index contributed by atoms with van der Waals surface area (Å²) in [6, 6.07) is 2.02. The van der Waals surface area contributed by atoms with Crippen molar-refractivity contribution in [3.8, 4) is 0 Å². The molecule has 0 aromatic heterocycles. The molecule has 0 spiro atoms. The SMILES string of the molecule is O=C(O)CONS(=O)(=O)c1ccc(Cl)cc1C(F)(F)F. The number of carboxylic acid groups (broad SMARTS) is 1. The Balaban J connectivity index is 3.15. The molecule has 0 amide bonds. The summed E-state index contributed by atoms with van der Waals surface area (Å²) in [6.07, 6.45) is -4.96. The second-order valence-electron chi connectivity index (χ2n) is 3.41. The maximum atomic E-state index is 12.7. The van der Waals surface area contributed by atoms with Crippen molar-refractivity contribution in [1.82, 2.24) is 4.89 Å². The highest BCUT2D eigenvalue weighted by atomic mass is 35.5. The van der Waals surface area contributed by atoms with E-state index in [2.05, 4.69) is 4.84 Å². The topological polar surface area (TPSA) is 92.7 Å². The zero-order chi connectivity index (χ0) is 15.6. The van der Waals surface area contributed by atoms with Gasteiger partial charge < -0.3 is 5.11 Å². The lowest BCUT2D eigenvalue weighted by Gasteiger charge is -2.13. The molecule has 1 rings (SSSR count). The van der Waals surface area contributed by atoms with E-state index in [0.717, 1.165) is 6.07 Å². The van der Waals surface area contributed by atoms with Gasteiger partial charge in [0.2, 0.25) is 0 Å². The first kappa shape index (κ1) is 16.7. The molecule has 0 fully saturated rings. The molecule has 20 heavy (non-hydrogen) atoms. The summed E-state index contributed by atoms with van der Waals surface area (Å²) in [7, 11) is -4.70. The van der Waals surface area contributed by atoms with Gasteiger partial charge in [0.05, 0.1) is 10.5 Å². The third kappa shape index (κ3) is 4.34. The molecule has 11 heteroatoms. The first-order valence-corrected chi connectivity index (χ1v) is 6.62. The van der Waals surface area contributed by atoms with Gasteiger partial charge in [-0.2, -0.15) is 13.2 Å². The fraction of sp³-hybridized carbons (Fsp3) is 0.222. The number of aliphatic carboxylic acids is 1. The summed E-state index contributed by atoms with van der Waals surface area (Å²) in [6.45, 7) is -1.05. The summed E-state index contributed by atoms with van der Waals surface area (Å²) < 4.78 is 61.4. The summed E-state index contributed by atoms with van der Waals surface area (Å²) in [5, 5.41) is 7.94. The van der Waals surface area contributed by atoms with Crippen LogP contribution >= 0.6 is 11.6 Å². The predicted molar refractivity (Wildman–Crippen MR) is 60.4 cm³/mol. The molecule has 0 unspecified atom stereocenters. The molecule has 0 aliphatic rings. The number of halogens is 4. The minimum atomic E-state index is -4.96. The number of sulfonamides is 1. The fourth-order valence-electron chi connectivity index (χ4n) is 1.17. The summed E-state index contributed by atoms with van der Waals surface area (Å²) >= 11 is 5.39. The largest absolute Gasteiger partial charge is 0.479 e. The van der Waals surface area contributed by atoms with Crippen molar-refractivity contribution in [2.24, 2.45) is 0 Å². The molecule has 6 nitrogen and oxygen atoms in total. The molecule has 1 aromatic rings. The molecular formula is C9H7ClF3NO5S. The second kappa shape index (κ2) is 5.95. The molecule has 1 aromatic carbocycles. The molecule has 0 aliphatic carbocycles. The third-order valence-corrected chi connectivity index (χ3v) is 3.41. The number of hydrogen-bond donors (Lipinski definition) is 2. The van der Waals surface area contributed by atoms with E-state index in [9.17, 15) is 26.4 Å². The van der Waals surface area contributed by atoms with Crippen molar-refractivity contribution in [1.29, 1.82) is 0 Å². The van der Waals surface area contributed by atoms with Gasteiger partial charge in [0.25, 0.3) is 10.0 Å². The van der Waals surface area contributed by atoms with Crippen LogP contribution < -0.4 is 4.89 Å². The van der Waals surface area contributed by atoms with Crippen molar-refractivity contribution >= 4 is 27.6 Å². The quantitative estimate of drug-likeness (QED) is 0.799. The van der Waals surface area contributed by atoms with Crippen molar-refractivity contribution in [3.63, 3.8) is 0 Å². The predicted octanol–water partition coefficient (Wildman–Crippen LogP) is 1.65. The second-order valence-corrected chi connectivity index (χ2v) is 5.46. The van der Waals surface area contributed by atoms with Gasteiger partial charge in [0.15, 0.2) is 6.61 Å². The van der Waals surface area contributed by atoms with Gasteiger partial charge in [0, 0.05) is 5.02 Å². The Morgan fingerprint density at radius 1 is 1.40 bits per heavy atom. The van der Waals surface area contributed by atoms with E-state index in [0.29, 0.717) is 12.1 Å². The van der Waals surface area contributed by atoms with Crippen LogP contribution in [0.25, 0.3) is 0 Å². The highest BCUT2D eigenvalue weighted by Crippen LogP contribution is 2.35. The van der Waals surface area contributed by atoms with E-state index in [1.165, 1.54) is 4.89 Å². The van der Waals surface area contributed by atoms with Crippen molar-refractivity contribution in [3.05, 3.63) is 28.8 Å². The lowest BCUT2D eigenvalue weighted by atomic mass is 10.2. The Labute approximate surface area is 116 Å². The average molecular weight is 334 g/mol. The van der Waals surface area contributed by atoms with Crippen LogP contribution in [0, 0.1) is 0 Å². The molecule has 0 bridgehead atoms. The first-order chi connectivity index (χ1) is 9.04. The number of hydrogen-bond acceptors (Lipinski definition) is 4. The zero-order valence-corrected chi connectivity index (χ0v) is 11.0. The molecule has 0 saturated heterocycles. The monoisotopic (exact) mass is 333 g/mol. The minimum absolute atomic E-state index is 0.303. The lowest BCUT2D eigenvalue weighted by Crippen LogP contribution is -2.28. The first-order valence-electron chi connectivity index (χ1n) is 4.76. The highest BCUT2D eigenvalue weighted by Gasteiger charge is 2.37. The Morgan fingerprint density at radius 2 is 2.00 bits per heavy atom. The summed E-state index contributed by atoms with van der Waals surface area (Å²) in [5.41, 5.74) is -1.49. The standard InChI is InChI=1S/C9H7ClF3NO5S/c10-5-1-2-7(6(3-5)9(11,12)13)20(17,18)14-19-4-8(15)16/h1-3,14H,4H2,(H,15,16). The van der Waals surface area contributed by atoms with E-state index in [-0.39, 0.29) is 5.02 Å².